The molecule has 5 heteroatoms. The Morgan fingerprint density at radius 3 is 2.74 bits per heavy atom. The fourth-order valence-electron chi connectivity index (χ4n) is 1.73. The zero-order valence-corrected chi connectivity index (χ0v) is 12.2. The molecule has 0 fully saturated rings. The van der Waals surface area contributed by atoms with Gasteiger partial charge in [-0.2, -0.15) is 0 Å². The molecule has 0 radical (unpaired) electrons. The summed E-state index contributed by atoms with van der Waals surface area (Å²) in [4.78, 5) is 4.53. The van der Waals surface area contributed by atoms with Gasteiger partial charge >= 0.3 is 0 Å². The van der Waals surface area contributed by atoms with Crippen LogP contribution in [0.4, 0.5) is 5.69 Å². The van der Waals surface area contributed by atoms with Crippen LogP contribution in [0.25, 0.3) is 0 Å². The van der Waals surface area contributed by atoms with Crippen LogP contribution in [-0.4, -0.2) is 19.2 Å². The first-order chi connectivity index (χ1) is 9.26. The van der Waals surface area contributed by atoms with Gasteiger partial charge in [-0.25, -0.2) is 4.98 Å². The van der Waals surface area contributed by atoms with Crippen LogP contribution in [0.2, 0.25) is 0 Å². The molecule has 0 unspecified atom stereocenters. The van der Waals surface area contributed by atoms with Crippen LogP contribution < -0.4 is 14.8 Å². The highest BCUT2D eigenvalue weighted by Gasteiger charge is 2.06. The van der Waals surface area contributed by atoms with Gasteiger partial charge in [-0.1, -0.05) is 6.92 Å². The fraction of sp³-hybridized carbons (Fsp3) is 0.357. The normalized spacial score (nSPS) is 10.3. The summed E-state index contributed by atoms with van der Waals surface area (Å²) in [5, 5.41) is 6.58. The van der Waals surface area contributed by atoms with E-state index >= 15 is 0 Å². The maximum Gasteiger partial charge on any atom is 0.142 e. The summed E-state index contributed by atoms with van der Waals surface area (Å²) in [7, 11) is 3.31. The number of ether oxygens (including phenoxy) is 2. The number of thiazole rings is 1. The summed E-state index contributed by atoms with van der Waals surface area (Å²) in [6, 6.07) is 5.69. The van der Waals surface area contributed by atoms with Crippen molar-refractivity contribution in [2.75, 3.05) is 19.5 Å². The molecule has 0 aliphatic rings. The van der Waals surface area contributed by atoms with Gasteiger partial charge in [-0.15, -0.1) is 11.3 Å². The second-order valence-electron chi connectivity index (χ2n) is 4.01. The maximum absolute atomic E-state index is 5.32. The molecule has 1 N–H and O–H groups in total. The average molecular weight is 278 g/mol. The lowest BCUT2D eigenvalue weighted by Crippen LogP contribution is -2.02. The highest BCUT2D eigenvalue weighted by molar-refractivity contribution is 7.09. The summed E-state index contributed by atoms with van der Waals surface area (Å²) >= 11 is 1.70. The van der Waals surface area contributed by atoms with Gasteiger partial charge in [0.25, 0.3) is 0 Å². The third-order valence-corrected chi connectivity index (χ3v) is 3.81. The number of benzene rings is 1. The molecule has 0 bridgehead atoms. The van der Waals surface area contributed by atoms with Crippen LogP contribution in [0.1, 0.15) is 17.6 Å². The number of nitrogens with zero attached hydrogens (tertiary/aromatic N) is 1. The van der Waals surface area contributed by atoms with Crippen LogP contribution in [0.15, 0.2) is 23.6 Å². The van der Waals surface area contributed by atoms with Gasteiger partial charge in [0.15, 0.2) is 0 Å². The first kappa shape index (κ1) is 13.7. The summed E-state index contributed by atoms with van der Waals surface area (Å²) in [5.41, 5.74) is 1.96. The molecule has 2 aromatic rings. The molecule has 0 atom stereocenters. The molecule has 102 valence electrons. The van der Waals surface area contributed by atoms with Crippen LogP contribution in [0.5, 0.6) is 11.5 Å². The van der Waals surface area contributed by atoms with Gasteiger partial charge < -0.3 is 14.8 Å². The minimum Gasteiger partial charge on any atom is -0.497 e. The smallest absolute Gasteiger partial charge is 0.142 e. The lowest BCUT2D eigenvalue weighted by molar-refractivity contribution is 0.404. The number of nitrogens with one attached hydrogen (secondary N) is 1. The van der Waals surface area contributed by atoms with E-state index < -0.39 is 0 Å². The quantitative estimate of drug-likeness (QED) is 0.880. The van der Waals surface area contributed by atoms with Crippen molar-refractivity contribution in [1.82, 2.24) is 4.98 Å². The van der Waals surface area contributed by atoms with Crippen LogP contribution in [-0.2, 0) is 13.0 Å². The van der Waals surface area contributed by atoms with Gasteiger partial charge in [0.05, 0.1) is 37.2 Å². The molecule has 1 aromatic heterocycles. The Hall–Kier alpha value is -1.75. The third kappa shape index (κ3) is 3.38. The standard InChI is InChI=1S/C14H18N2O2S/c1-4-14-16-10(9-19-14)8-15-12-7-11(17-2)5-6-13(12)18-3/h5-7,9,15H,4,8H2,1-3H3. The van der Waals surface area contributed by atoms with Crippen molar-refractivity contribution in [1.29, 1.82) is 0 Å². The van der Waals surface area contributed by atoms with E-state index in [9.17, 15) is 0 Å². The van der Waals surface area contributed by atoms with E-state index in [4.69, 9.17) is 9.47 Å². The minimum atomic E-state index is 0.681. The molecule has 1 aromatic carbocycles. The van der Waals surface area contributed by atoms with Crippen molar-refractivity contribution in [2.45, 2.75) is 19.9 Å². The molecule has 2 rings (SSSR count). The van der Waals surface area contributed by atoms with E-state index in [1.165, 1.54) is 0 Å². The predicted octanol–water partition coefficient (Wildman–Crippen LogP) is 3.33. The van der Waals surface area contributed by atoms with Crippen molar-refractivity contribution in [3.05, 3.63) is 34.3 Å². The molecule has 0 saturated carbocycles. The minimum absolute atomic E-state index is 0.681. The van der Waals surface area contributed by atoms with Crippen molar-refractivity contribution in [3.8, 4) is 11.5 Å². The van der Waals surface area contributed by atoms with Gasteiger partial charge in [0, 0.05) is 11.4 Å². The largest absolute Gasteiger partial charge is 0.497 e. The zero-order valence-electron chi connectivity index (χ0n) is 11.4. The molecule has 0 saturated heterocycles. The molecule has 1 heterocycles. The van der Waals surface area contributed by atoms with Gasteiger partial charge in [-0.05, 0) is 18.6 Å². The van der Waals surface area contributed by atoms with E-state index in [2.05, 4.69) is 22.6 Å². The fourth-order valence-corrected chi connectivity index (χ4v) is 2.48. The Kier molecular flexibility index (Phi) is 4.63. The predicted molar refractivity (Wildman–Crippen MR) is 78.4 cm³/mol. The number of hydrogen-bond donors (Lipinski definition) is 1. The number of aryl methyl sites for hydroxylation is 1. The van der Waals surface area contributed by atoms with Crippen molar-refractivity contribution in [2.24, 2.45) is 0 Å². The van der Waals surface area contributed by atoms with Crippen molar-refractivity contribution >= 4 is 17.0 Å². The van der Waals surface area contributed by atoms with E-state index in [0.717, 1.165) is 34.3 Å². The van der Waals surface area contributed by atoms with Crippen molar-refractivity contribution < 1.29 is 9.47 Å². The van der Waals surface area contributed by atoms with E-state index in [0.29, 0.717) is 6.54 Å². The number of rotatable bonds is 6. The highest BCUT2D eigenvalue weighted by atomic mass is 32.1. The molecular weight excluding hydrogens is 260 g/mol. The maximum atomic E-state index is 5.32. The first-order valence-corrected chi connectivity index (χ1v) is 7.04. The Balaban J connectivity index is 2.09. The second kappa shape index (κ2) is 6.43. The van der Waals surface area contributed by atoms with E-state index in [1.54, 1.807) is 25.6 Å². The van der Waals surface area contributed by atoms with E-state index in [-0.39, 0.29) is 0 Å². The molecule has 0 aliphatic heterocycles. The molecule has 19 heavy (non-hydrogen) atoms. The van der Waals surface area contributed by atoms with Crippen LogP contribution in [0, 0.1) is 0 Å². The summed E-state index contributed by atoms with van der Waals surface area (Å²) < 4.78 is 10.5. The Bertz CT molecular complexity index is 540. The lowest BCUT2D eigenvalue weighted by Gasteiger charge is -2.11. The van der Waals surface area contributed by atoms with Crippen LogP contribution >= 0.6 is 11.3 Å². The highest BCUT2D eigenvalue weighted by Crippen LogP contribution is 2.29. The summed E-state index contributed by atoms with van der Waals surface area (Å²) in [5.74, 6) is 1.60. The van der Waals surface area contributed by atoms with Crippen molar-refractivity contribution in [3.63, 3.8) is 0 Å². The lowest BCUT2D eigenvalue weighted by atomic mass is 10.2. The monoisotopic (exact) mass is 278 g/mol. The summed E-state index contributed by atoms with van der Waals surface area (Å²) in [6.07, 6.45) is 0.979. The number of hydrogen-bond acceptors (Lipinski definition) is 5. The van der Waals surface area contributed by atoms with Gasteiger partial charge in [0.2, 0.25) is 0 Å². The Morgan fingerprint density at radius 1 is 1.26 bits per heavy atom. The summed E-state index contributed by atoms with van der Waals surface area (Å²) in [6.45, 7) is 2.79. The third-order valence-electron chi connectivity index (χ3n) is 2.77. The van der Waals surface area contributed by atoms with Gasteiger partial charge in [0.1, 0.15) is 11.5 Å². The molecule has 0 aliphatic carbocycles. The van der Waals surface area contributed by atoms with Gasteiger partial charge in [-0.3, -0.25) is 0 Å². The topological polar surface area (TPSA) is 43.4 Å². The Labute approximate surface area is 117 Å². The molecular formula is C14H18N2O2S. The molecule has 0 spiro atoms. The number of methoxy groups -OCH3 is 2. The SMILES string of the molecule is CCc1nc(CNc2cc(OC)ccc2OC)cs1. The van der Waals surface area contributed by atoms with E-state index in [1.807, 2.05) is 18.2 Å². The average Bonchev–Trinajstić information content (AvgIpc) is 2.92. The Morgan fingerprint density at radius 2 is 2.11 bits per heavy atom. The molecule has 4 nitrogen and oxygen atoms in total. The number of anilines is 1. The molecule has 0 amide bonds. The second-order valence-corrected chi connectivity index (χ2v) is 4.95. The first-order valence-electron chi connectivity index (χ1n) is 6.16. The van der Waals surface area contributed by atoms with Crippen LogP contribution in [0.3, 0.4) is 0 Å². The number of aromatic nitrogens is 1. The zero-order chi connectivity index (χ0) is 13.7.